The van der Waals surface area contributed by atoms with Crippen LogP contribution in [0.5, 0.6) is 0 Å². The molecule has 1 fully saturated rings. The van der Waals surface area contributed by atoms with Crippen molar-refractivity contribution in [1.29, 1.82) is 0 Å². The largest absolute Gasteiger partial charge is 0.416 e. The van der Waals surface area contributed by atoms with Gasteiger partial charge in [-0.3, -0.25) is 19.5 Å². The maximum absolute atomic E-state index is 16.3. The molecule has 0 saturated heterocycles. The van der Waals surface area contributed by atoms with E-state index in [2.05, 4.69) is 44.2 Å². The van der Waals surface area contributed by atoms with Crippen molar-refractivity contribution in [3.8, 4) is 0 Å². The van der Waals surface area contributed by atoms with Crippen LogP contribution in [0.2, 0.25) is 28.2 Å². The topological polar surface area (TPSA) is 80.8 Å². The van der Waals surface area contributed by atoms with E-state index in [0.717, 1.165) is 12.8 Å². The van der Waals surface area contributed by atoms with Crippen molar-refractivity contribution in [2.24, 2.45) is 5.41 Å². The number of halogens is 3. The normalized spacial score (nSPS) is 19.0. The predicted octanol–water partition coefficient (Wildman–Crippen LogP) is 8.00. The summed E-state index contributed by atoms with van der Waals surface area (Å²) in [5.74, 6) is -1.50. The maximum atomic E-state index is 16.3. The van der Waals surface area contributed by atoms with Crippen molar-refractivity contribution in [3.63, 3.8) is 0 Å². The van der Waals surface area contributed by atoms with Gasteiger partial charge in [-0.1, -0.05) is 56.1 Å². The molecule has 1 unspecified atom stereocenters. The van der Waals surface area contributed by atoms with Gasteiger partial charge in [0.15, 0.2) is 19.8 Å². The highest BCUT2D eigenvalue weighted by molar-refractivity contribution is 6.74. The zero-order valence-electron chi connectivity index (χ0n) is 27.3. The third-order valence-electron chi connectivity index (χ3n) is 9.63. The predicted molar refractivity (Wildman–Crippen MR) is 181 cm³/mol. The van der Waals surface area contributed by atoms with Crippen LogP contribution < -0.4 is 5.32 Å². The van der Waals surface area contributed by atoms with Gasteiger partial charge in [0.2, 0.25) is 0 Å². The van der Waals surface area contributed by atoms with Crippen molar-refractivity contribution in [3.05, 3.63) is 98.5 Å². The van der Waals surface area contributed by atoms with Crippen LogP contribution in [-0.4, -0.2) is 56.2 Å². The number of rotatable bonds is 13. The van der Waals surface area contributed by atoms with E-state index in [-0.39, 0.29) is 46.1 Å². The van der Waals surface area contributed by atoms with E-state index in [9.17, 15) is 9.59 Å². The van der Waals surface area contributed by atoms with Crippen LogP contribution in [-0.2, 0) is 21.4 Å². The molecule has 0 spiro atoms. The average Bonchev–Trinajstić information content (AvgIpc) is 3.72. The third-order valence-corrected chi connectivity index (χ3v) is 14.6. The SMILES string of the molecule is CC(=O)c1cc(F)c2c(c1)C(=O)N(Cc1ccc(Cl)cn1)C2(OCC1(CNCCO[Si](C)(C)C(C)(C)C)CC1)c1ccc(Cl)cc1. The van der Waals surface area contributed by atoms with Crippen molar-refractivity contribution in [2.45, 2.75) is 70.9 Å². The van der Waals surface area contributed by atoms with Crippen molar-refractivity contribution in [1.82, 2.24) is 15.2 Å². The maximum Gasteiger partial charge on any atom is 0.257 e. The molecule has 3 aromatic rings. The number of nitrogens with one attached hydrogen (secondary N) is 1. The lowest BCUT2D eigenvalue weighted by Gasteiger charge is -2.40. The van der Waals surface area contributed by atoms with Crippen LogP contribution in [0, 0.1) is 11.2 Å². The number of ketones is 1. The van der Waals surface area contributed by atoms with Gasteiger partial charge in [0, 0.05) is 47.5 Å². The van der Waals surface area contributed by atoms with E-state index in [1.54, 1.807) is 36.4 Å². The fourth-order valence-corrected chi connectivity index (χ4v) is 6.84. The van der Waals surface area contributed by atoms with E-state index in [4.69, 9.17) is 32.4 Å². The number of hydrogen-bond acceptors (Lipinski definition) is 6. The lowest BCUT2D eigenvalue weighted by molar-refractivity contribution is -0.126. The lowest BCUT2D eigenvalue weighted by atomic mass is 9.91. The molecule has 2 aromatic carbocycles. The molecular weight excluding hydrogens is 644 g/mol. The fourth-order valence-electron chi connectivity index (χ4n) is 5.56. The Labute approximate surface area is 281 Å². The standard InChI is InChI=1S/C35H42Cl2FN3O4Si/c1-23(42)24-17-29-31(30(38)18-24)35(25-7-9-26(36)10-8-25,41(32(29)43)20-28-12-11-27(37)19-40-28)44-22-34(13-14-34)21-39-15-16-45-46(5,6)33(2,3)4/h7-12,17-19,39H,13-16,20-22H2,1-6H3. The molecule has 46 heavy (non-hydrogen) atoms. The summed E-state index contributed by atoms with van der Waals surface area (Å²) in [6.45, 7) is 14.8. The second-order valence-corrected chi connectivity index (χ2v) is 19.7. The summed E-state index contributed by atoms with van der Waals surface area (Å²) in [6.07, 6.45) is 3.35. The van der Waals surface area contributed by atoms with Crippen molar-refractivity contribution in [2.75, 3.05) is 26.3 Å². The molecule has 1 aliphatic heterocycles. The molecule has 0 bridgehead atoms. The Morgan fingerprint density at radius 2 is 1.76 bits per heavy atom. The highest BCUT2D eigenvalue weighted by Crippen LogP contribution is 2.52. The fraction of sp³-hybridized carbons (Fsp3) is 0.457. The van der Waals surface area contributed by atoms with Crippen LogP contribution in [0.15, 0.2) is 54.7 Å². The summed E-state index contributed by atoms with van der Waals surface area (Å²) >= 11 is 12.4. The molecule has 1 amide bonds. The molecule has 1 N–H and O–H groups in total. The molecule has 1 aliphatic carbocycles. The number of carbonyl (C=O) groups is 2. The number of nitrogens with zero attached hydrogens (tertiary/aromatic N) is 2. The summed E-state index contributed by atoms with van der Waals surface area (Å²) in [7, 11) is -1.85. The highest BCUT2D eigenvalue weighted by atomic mass is 35.5. The summed E-state index contributed by atoms with van der Waals surface area (Å²) in [5.41, 5.74) is -0.474. The average molecular weight is 687 g/mol. The van der Waals surface area contributed by atoms with E-state index in [1.165, 1.54) is 30.2 Å². The zero-order valence-corrected chi connectivity index (χ0v) is 29.8. The molecule has 2 heterocycles. The number of hydrogen-bond donors (Lipinski definition) is 1. The van der Waals surface area contributed by atoms with Crippen LogP contribution >= 0.6 is 23.2 Å². The van der Waals surface area contributed by atoms with Gasteiger partial charge in [-0.2, -0.15) is 0 Å². The summed E-state index contributed by atoms with van der Waals surface area (Å²) in [4.78, 5) is 32.5. The number of pyridine rings is 1. The first kappa shape index (κ1) is 34.7. The summed E-state index contributed by atoms with van der Waals surface area (Å²) < 4.78 is 29.6. The van der Waals surface area contributed by atoms with Gasteiger partial charge < -0.3 is 14.5 Å². The van der Waals surface area contributed by atoms with E-state index in [0.29, 0.717) is 41.0 Å². The van der Waals surface area contributed by atoms with Crippen molar-refractivity contribution >= 4 is 43.2 Å². The zero-order chi connectivity index (χ0) is 33.5. The molecular formula is C35H42Cl2FN3O4Si. The quantitative estimate of drug-likeness (QED) is 0.112. The minimum atomic E-state index is -1.85. The number of aromatic nitrogens is 1. The number of Topliss-reactive ketones (excluding diaryl/α,β-unsaturated/α-hetero) is 1. The Kier molecular flexibility index (Phi) is 9.87. The Morgan fingerprint density at radius 1 is 1.09 bits per heavy atom. The van der Waals surface area contributed by atoms with Gasteiger partial charge >= 0.3 is 0 Å². The summed E-state index contributed by atoms with van der Waals surface area (Å²) in [6, 6.07) is 13.0. The molecule has 1 atom stereocenters. The molecule has 1 saturated carbocycles. The van der Waals surface area contributed by atoms with Crippen molar-refractivity contribution < 1.29 is 23.1 Å². The van der Waals surface area contributed by atoms with Crippen LogP contribution in [0.4, 0.5) is 4.39 Å². The first-order chi connectivity index (χ1) is 21.6. The lowest BCUT2D eigenvalue weighted by Crippen LogP contribution is -2.48. The molecule has 11 heteroatoms. The van der Waals surface area contributed by atoms with Gasteiger partial charge in [0.25, 0.3) is 5.91 Å². The van der Waals surface area contributed by atoms with Gasteiger partial charge in [-0.25, -0.2) is 4.39 Å². The van der Waals surface area contributed by atoms with Crippen LogP contribution in [0.25, 0.3) is 0 Å². The van der Waals surface area contributed by atoms with Crippen LogP contribution in [0.3, 0.4) is 0 Å². The van der Waals surface area contributed by atoms with E-state index < -0.39 is 25.8 Å². The second-order valence-electron chi connectivity index (χ2n) is 14.0. The molecule has 246 valence electrons. The molecule has 0 radical (unpaired) electrons. The molecule has 2 aliphatic rings. The Hall–Kier alpha value is -2.66. The Bertz CT molecular complexity index is 1610. The molecule has 1 aromatic heterocycles. The van der Waals surface area contributed by atoms with Crippen LogP contribution in [0.1, 0.15) is 78.1 Å². The second kappa shape index (κ2) is 13.1. The smallest absolute Gasteiger partial charge is 0.257 e. The molecule has 5 rings (SSSR count). The van der Waals surface area contributed by atoms with E-state index in [1.807, 2.05) is 0 Å². The number of benzene rings is 2. The Balaban J connectivity index is 1.48. The highest BCUT2D eigenvalue weighted by Gasteiger charge is 2.56. The van der Waals surface area contributed by atoms with Gasteiger partial charge in [-0.05, 0) is 74.3 Å². The minimum absolute atomic E-state index is 0.0121. The number of carbonyl (C=O) groups excluding carboxylic acids is 2. The van der Waals surface area contributed by atoms with Gasteiger partial charge in [0.1, 0.15) is 5.82 Å². The first-order valence-corrected chi connectivity index (χ1v) is 19.3. The number of ether oxygens (including phenoxy) is 1. The number of amides is 1. The number of fused-ring (bicyclic) bond motifs is 1. The Morgan fingerprint density at radius 3 is 2.35 bits per heavy atom. The van der Waals surface area contributed by atoms with Gasteiger partial charge in [-0.15, -0.1) is 0 Å². The molecule has 7 nitrogen and oxygen atoms in total. The summed E-state index contributed by atoms with van der Waals surface area (Å²) in [5, 5.41) is 4.63. The van der Waals surface area contributed by atoms with E-state index >= 15 is 4.39 Å². The first-order valence-electron chi connectivity index (χ1n) is 15.6. The third kappa shape index (κ3) is 6.96. The van der Waals surface area contributed by atoms with Gasteiger partial charge in [0.05, 0.1) is 35.0 Å². The minimum Gasteiger partial charge on any atom is -0.416 e. The monoisotopic (exact) mass is 685 g/mol.